The zero-order chi connectivity index (χ0) is 15.1. The van der Waals surface area contributed by atoms with E-state index in [0.717, 1.165) is 30.6 Å². The third kappa shape index (κ3) is 21.3. The third-order valence-electron chi connectivity index (χ3n) is 2.81. The van der Waals surface area contributed by atoms with Crippen LogP contribution >= 0.6 is 15.2 Å². The minimum absolute atomic E-state index is 0. The van der Waals surface area contributed by atoms with Crippen LogP contribution in [-0.2, 0) is 9.13 Å². The zero-order valence-corrected chi connectivity index (χ0v) is 22.1. The molecule has 0 heterocycles. The largest absolute Gasteiger partial charge is 1.00 e. The minimum atomic E-state index is -4.85. The second-order valence-corrected chi connectivity index (χ2v) is 7.86. The smallest absolute Gasteiger partial charge is 0.810 e. The molecule has 22 heavy (non-hydrogen) atoms. The average Bonchev–Trinajstić information content (AvgIpc) is 2.19. The predicted octanol–water partition coefficient (Wildman–Crippen LogP) is -9.11. The summed E-state index contributed by atoms with van der Waals surface area (Å²) in [6.45, 7) is 4.12. The fourth-order valence-corrected chi connectivity index (χ4v) is 3.52. The molecular formula is C10H22NNa3O6P2. The van der Waals surface area contributed by atoms with Gasteiger partial charge in [0.15, 0.2) is 0 Å². The van der Waals surface area contributed by atoms with Crippen molar-refractivity contribution in [1.29, 1.82) is 0 Å². The van der Waals surface area contributed by atoms with Gasteiger partial charge in [-0.25, -0.2) is 0 Å². The molecule has 0 aromatic carbocycles. The van der Waals surface area contributed by atoms with Crippen molar-refractivity contribution in [3.63, 3.8) is 0 Å². The summed E-state index contributed by atoms with van der Waals surface area (Å²) in [5.41, 5.74) is 0. The van der Waals surface area contributed by atoms with E-state index in [2.05, 4.69) is 0 Å². The molecule has 0 aromatic rings. The quantitative estimate of drug-likeness (QED) is 0.293. The molecule has 0 fully saturated rings. The van der Waals surface area contributed by atoms with Crippen molar-refractivity contribution >= 4 is 15.2 Å². The minimum Gasteiger partial charge on any atom is -0.810 e. The third-order valence-corrected chi connectivity index (χ3v) is 4.32. The Morgan fingerprint density at radius 2 is 1.55 bits per heavy atom. The van der Waals surface area contributed by atoms with Crippen molar-refractivity contribution in [3.05, 3.63) is 0 Å². The Hall–Kier alpha value is 3.26. The van der Waals surface area contributed by atoms with Gasteiger partial charge >= 0.3 is 88.7 Å². The summed E-state index contributed by atoms with van der Waals surface area (Å²) in [5, 5.41) is 0. The van der Waals surface area contributed by atoms with E-state index in [1.165, 1.54) is 0 Å². The zero-order valence-electron chi connectivity index (χ0n) is 14.4. The van der Waals surface area contributed by atoms with Crippen molar-refractivity contribution in [2.24, 2.45) is 5.92 Å². The van der Waals surface area contributed by atoms with E-state index in [1.807, 2.05) is 13.8 Å². The van der Waals surface area contributed by atoms with Gasteiger partial charge in [-0.2, -0.15) is 0 Å². The maximum atomic E-state index is 10.9. The van der Waals surface area contributed by atoms with Gasteiger partial charge in [-0.3, -0.25) is 4.90 Å². The summed E-state index contributed by atoms with van der Waals surface area (Å²) in [5.74, 6) is 0.109. The first-order valence-electron chi connectivity index (χ1n) is 6.33. The summed E-state index contributed by atoms with van der Waals surface area (Å²) in [6.07, 6.45) is 1.85. The van der Waals surface area contributed by atoms with Crippen LogP contribution in [0.1, 0.15) is 39.5 Å². The molecular weight excluding hydrogens is 361 g/mol. The van der Waals surface area contributed by atoms with Gasteiger partial charge in [-0.15, -0.1) is 0 Å². The second-order valence-electron chi connectivity index (χ2n) is 4.80. The van der Waals surface area contributed by atoms with Gasteiger partial charge in [0.25, 0.3) is 0 Å². The fourth-order valence-electron chi connectivity index (χ4n) is 1.94. The Bertz CT molecular complexity index is 328. The first kappa shape index (κ1) is 32.9. The molecule has 2 unspecified atom stereocenters. The Labute approximate surface area is 199 Å². The Kier molecular flexibility index (Phi) is 24.6. The maximum Gasteiger partial charge on any atom is 1.00 e. The topological polar surface area (TPSA) is 127 Å². The molecule has 0 spiro atoms. The molecule has 0 aliphatic rings. The standard InChI is InChI=1S/C10H25NO6P2.3Na/c1-3-5-6-10(4-2)7-11(8-18(12,13)14)9-19(15,16)17;;;/h10H,3-9H2,1-2H3,(H2,12,13,14)(H2,15,16,17);;;/q;3*+1/p-3. The van der Waals surface area contributed by atoms with Gasteiger partial charge < -0.3 is 28.7 Å². The molecule has 12 heteroatoms. The Morgan fingerprint density at radius 1 is 1.05 bits per heavy atom. The summed E-state index contributed by atoms with van der Waals surface area (Å²) in [6, 6.07) is 0. The van der Waals surface area contributed by atoms with Gasteiger partial charge in [0.1, 0.15) is 7.60 Å². The normalized spacial score (nSPS) is 15.0. The summed E-state index contributed by atoms with van der Waals surface area (Å²) in [7, 11) is -9.47. The predicted molar refractivity (Wildman–Crippen MR) is 67.2 cm³/mol. The summed E-state index contributed by atoms with van der Waals surface area (Å²) in [4.78, 5) is 42.2. The fraction of sp³-hybridized carbons (Fsp3) is 1.00. The molecule has 1 N–H and O–H groups in total. The second kappa shape index (κ2) is 16.4. The van der Waals surface area contributed by atoms with Crippen LogP contribution in [0, 0.1) is 5.92 Å². The van der Waals surface area contributed by atoms with Crippen LogP contribution in [0.2, 0.25) is 0 Å². The van der Waals surface area contributed by atoms with Crippen molar-refractivity contribution in [2.45, 2.75) is 39.5 Å². The Balaban J connectivity index is -0.000000540. The molecule has 0 amide bonds. The van der Waals surface area contributed by atoms with Gasteiger partial charge in [0.2, 0.25) is 0 Å². The monoisotopic (exact) mass is 383 g/mol. The SMILES string of the molecule is CCCCC(CC)CN(CP(=O)([O-])[O-])CP(=O)([O-])O.[Na+].[Na+].[Na+]. The van der Waals surface area contributed by atoms with Crippen LogP contribution in [0.3, 0.4) is 0 Å². The van der Waals surface area contributed by atoms with Crippen LogP contribution < -0.4 is 103 Å². The first-order valence-corrected chi connectivity index (χ1v) is 9.82. The van der Waals surface area contributed by atoms with Crippen molar-refractivity contribution in [1.82, 2.24) is 4.90 Å². The molecule has 0 aliphatic heterocycles. The summed E-state index contributed by atoms with van der Waals surface area (Å²) >= 11 is 0. The van der Waals surface area contributed by atoms with E-state index in [4.69, 9.17) is 4.89 Å². The number of unbranched alkanes of at least 4 members (excludes halogenated alkanes) is 1. The van der Waals surface area contributed by atoms with E-state index in [-0.39, 0.29) is 101 Å². The van der Waals surface area contributed by atoms with Crippen LogP contribution in [0.4, 0.5) is 0 Å². The molecule has 116 valence electrons. The molecule has 0 aliphatic carbocycles. The van der Waals surface area contributed by atoms with Crippen LogP contribution in [0.25, 0.3) is 0 Å². The van der Waals surface area contributed by atoms with E-state index >= 15 is 0 Å². The van der Waals surface area contributed by atoms with Crippen molar-refractivity contribution in [2.75, 3.05) is 19.1 Å². The molecule has 0 aromatic heterocycles. The van der Waals surface area contributed by atoms with E-state index in [1.54, 1.807) is 0 Å². The number of nitrogens with zero attached hydrogens (tertiary/aromatic N) is 1. The molecule has 0 radical (unpaired) electrons. The Morgan fingerprint density at radius 3 is 1.86 bits per heavy atom. The van der Waals surface area contributed by atoms with Gasteiger partial charge in [0.05, 0.1) is 6.29 Å². The van der Waals surface area contributed by atoms with Gasteiger partial charge in [0, 0.05) is 12.8 Å². The summed E-state index contributed by atoms with van der Waals surface area (Å²) < 4.78 is 21.6. The average molecular weight is 383 g/mol. The molecule has 0 saturated heterocycles. The molecule has 0 rings (SSSR count). The van der Waals surface area contributed by atoms with Crippen LogP contribution in [-0.4, -0.2) is 28.9 Å². The van der Waals surface area contributed by atoms with Gasteiger partial charge in [-0.1, -0.05) is 40.7 Å². The van der Waals surface area contributed by atoms with Crippen LogP contribution in [0.15, 0.2) is 0 Å². The van der Waals surface area contributed by atoms with Gasteiger partial charge in [-0.05, 0) is 12.3 Å². The number of rotatable bonds is 10. The molecule has 7 nitrogen and oxygen atoms in total. The molecule has 0 saturated carbocycles. The van der Waals surface area contributed by atoms with Crippen LogP contribution in [0.5, 0.6) is 0 Å². The number of hydrogen-bond donors (Lipinski definition) is 1. The first-order chi connectivity index (χ1) is 8.57. The molecule has 0 bridgehead atoms. The van der Waals surface area contributed by atoms with E-state index in [0.29, 0.717) is 0 Å². The van der Waals surface area contributed by atoms with E-state index < -0.39 is 27.8 Å². The maximum absolute atomic E-state index is 10.9. The molecule has 2 atom stereocenters. The van der Waals surface area contributed by atoms with E-state index in [9.17, 15) is 23.8 Å². The van der Waals surface area contributed by atoms with Crippen molar-refractivity contribution < 1.29 is 117 Å². The number of hydrogen-bond acceptors (Lipinski definition) is 6. The van der Waals surface area contributed by atoms with Crippen molar-refractivity contribution in [3.8, 4) is 0 Å².